The first-order chi connectivity index (χ1) is 16.1. The number of hydrogen-bond acceptors (Lipinski definition) is 6. The van der Waals surface area contributed by atoms with Gasteiger partial charge in [0.15, 0.2) is 5.11 Å². The lowest BCUT2D eigenvalue weighted by atomic mass is 10.1. The van der Waals surface area contributed by atoms with Gasteiger partial charge in [-0.1, -0.05) is 48.5 Å². The summed E-state index contributed by atoms with van der Waals surface area (Å²) in [5, 5.41) is 4.31. The van der Waals surface area contributed by atoms with Crippen LogP contribution in [0.4, 0.5) is 5.95 Å². The van der Waals surface area contributed by atoms with Crippen molar-refractivity contribution in [3.63, 3.8) is 0 Å². The van der Waals surface area contributed by atoms with Gasteiger partial charge in [-0.25, -0.2) is 9.55 Å². The van der Waals surface area contributed by atoms with Crippen LogP contribution in [0.1, 0.15) is 16.0 Å². The summed E-state index contributed by atoms with van der Waals surface area (Å²) in [5.74, 6) is 0.398. The van der Waals surface area contributed by atoms with Crippen LogP contribution in [-0.4, -0.2) is 33.2 Å². The Morgan fingerprint density at radius 2 is 1.85 bits per heavy atom. The van der Waals surface area contributed by atoms with Crippen molar-refractivity contribution >= 4 is 44.8 Å². The predicted octanol–water partition coefficient (Wildman–Crippen LogP) is 3.43. The van der Waals surface area contributed by atoms with Gasteiger partial charge in [-0.05, 0) is 48.9 Å². The van der Waals surface area contributed by atoms with Crippen molar-refractivity contribution in [3.05, 3.63) is 87.0 Å². The van der Waals surface area contributed by atoms with E-state index in [-0.39, 0.29) is 5.56 Å². The Kier molecular flexibility index (Phi) is 6.08. The number of likely N-dealkylation sites (N-methyl/N-ethyl adjacent to an activating group) is 1. The number of aromatic nitrogens is 2. The van der Waals surface area contributed by atoms with Gasteiger partial charge in [-0.3, -0.25) is 15.6 Å². The molecule has 2 aromatic carbocycles. The minimum atomic E-state index is -0.0688. The Labute approximate surface area is 201 Å². The molecule has 0 aliphatic carbocycles. The van der Waals surface area contributed by atoms with E-state index in [0.717, 1.165) is 46.5 Å². The molecule has 0 saturated carbocycles. The fourth-order valence-corrected chi connectivity index (χ4v) is 5.42. The Balaban J connectivity index is 1.47. The van der Waals surface area contributed by atoms with Crippen LogP contribution in [0.2, 0.25) is 0 Å². The average Bonchev–Trinajstić information content (AvgIpc) is 3.20. The third-order valence-corrected chi connectivity index (χ3v) is 7.02. The van der Waals surface area contributed by atoms with Gasteiger partial charge in [0.05, 0.1) is 11.1 Å². The molecule has 0 unspecified atom stereocenters. The SMILES string of the molecule is CN1CCc2c(sc3nc(NNC(=S)NCc4ccccc4)n(-c4ccccc4)c(=O)c23)C1. The summed E-state index contributed by atoms with van der Waals surface area (Å²) in [4.78, 5) is 22.8. The van der Waals surface area contributed by atoms with Crippen LogP contribution >= 0.6 is 23.6 Å². The minimum absolute atomic E-state index is 0.0688. The number of fused-ring (bicyclic) bond motifs is 3. The highest BCUT2D eigenvalue weighted by Crippen LogP contribution is 2.33. The fourth-order valence-electron chi connectivity index (χ4n) is 4.01. The zero-order chi connectivity index (χ0) is 22.8. The number of thiophene rings is 1. The topological polar surface area (TPSA) is 74.2 Å². The monoisotopic (exact) mass is 476 g/mol. The van der Waals surface area contributed by atoms with Crippen LogP contribution in [0.5, 0.6) is 0 Å². The lowest BCUT2D eigenvalue weighted by molar-refractivity contribution is 0.318. The standard InChI is InChI=1S/C24H24N6OS2/c1-29-13-12-18-19(15-29)33-21-20(18)22(31)30(17-10-6-3-7-11-17)23(26-21)27-28-24(32)25-14-16-8-4-2-5-9-16/h2-11H,12-15H2,1H3,(H,26,27)(H2,25,28,32). The van der Waals surface area contributed by atoms with Crippen molar-refractivity contribution in [2.24, 2.45) is 0 Å². The molecule has 0 radical (unpaired) electrons. The Morgan fingerprint density at radius 1 is 1.12 bits per heavy atom. The van der Waals surface area contributed by atoms with Crippen molar-refractivity contribution < 1.29 is 0 Å². The lowest BCUT2D eigenvalue weighted by Gasteiger charge is -2.22. The highest BCUT2D eigenvalue weighted by Gasteiger charge is 2.24. The normalized spacial score (nSPS) is 13.5. The van der Waals surface area contributed by atoms with E-state index in [4.69, 9.17) is 17.2 Å². The summed E-state index contributed by atoms with van der Waals surface area (Å²) in [5.41, 5.74) is 8.98. The van der Waals surface area contributed by atoms with Gasteiger partial charge in [0, 0.05) is 24.5 Å². The van der Waals surface area contributed by atoms with Crippen LogP contribution in [-0.2, 0) is 19.5 Å². The lowest BCUT2D eigenvalue weighted by Crippen LogP contribution is -2.40. The number of hydrogen-bond donors (Lipinski definition) is 3. The smallest absolute Gasteiger partial charge is 0.268 e. The van der Waals surface area contributed by atoms with E-state index < -0.39 is 0 Å². The minimum Gasteiger partial charge on any atom is -0.357 e. The third-order valence-electron chi connectivity index (χ3n) is 5.66. The summed E-state index contributed by atoms with van der Waals surface area (Å²) in [6.07, 6.45) is 0.857. The number of anilines is 1. The molecule has 0 atom stereocenters. The van der Waals surface area contributed by atoms with Crippen molar-refractivity contribution in [3.8, 4) is 5.69 Å². The molecule has 1 aliphatic heterocycles. The van der Waals surface area contributed by atoms with Crippen molar-refractivity contribution in [2.45, 2.75) is 19.5 Å². The first-order valence-electron chi connectivity index (χ1n) is 10.7. The van der Waals surface area contributed by atoms with Crippen LogP contribution in [0.3, 0.4) is 0 Å². The first kappa shape index (κ1) is 21.6. The zero-order valence-corrected chi connectivity index (χ0v) is 19.8. The van der Waals surface area contributed by atoms with E-state index in [0.29, 0.717) is 17.6 Å². The summed E-state index contributed by atoms with van der Waals surface area (Å²) >= 11 is 7.02. The molecule has 0 fully saturated rings. The summed E-state index contributed by atoms with van der Waals surface area (Å²) in [6, 6.07) is 19.6. The van der Waals surface area contributed by atoms with Crippen LogP contribution in [0.15, 0.2) is 65.5 Å². The van der Waals surface area contributed by atoms with Crippen LogP contribution in [0, 0.1) is 0 Å². The fraction of sp³-hybridized carbons (Fsp3) is 0.208. The molecule has 33 heavy (non-hydrogen) atoms. The molecule has 5 rings (SSSR count). The highest BCUT2D eigenvalue weighted by atomic mass is 32.1. The van der Waals surface area contributed by atoms with Gasteiger partial charge in [-0.15, -0.1) is 11.3 Å². The largest absolute Gasteiger partial charge is 0.357 e. The van der Waals surface area contributed by atoms with Gasteiger partial charge in [-0.2, -0.15) is 0 Å². The molecular formula is C24H24N6OS2. The number of thiocarbonyl (C=S) groups is 1. The third kappa shape index (κ3) is 4.47. The first-order valence-corrected chi connectivity index (χ1v) is 12.0. The second-order valence-electron chi connectivity index (χ2n) is 8.00. The molecule has 9 heteroatoms. The van der Waals surface area contributed by atoms with Gasteiger partial charge >= 0.3 is 0 Å². The number of nitrogens with one attached hydrogen (secondary N) is 3. The summed E-state index contributed by atoms with van der Waals surface area (Å²) < 4.78 is 1.61. The second-order valence-corrected chi connectivity index (χ2v) is 9.49. The molecule has 3 N–H and O–H groups in total. The molecule has 0 spiro atoms. The molecule has 0 bridgehead atoms. The van der Waals surface area contributed by atoms with E-state index in [9.17, 15) is 4.79 Å². The Bertz CT molecular complexity index is 1350. The van der Waals surface area contributed by atoms with Crippen molar-refractivity contribution in [1.82, 2.24) is 25.2 Å². The Morgan fingerprint density at radius 3 is 2.61 bits per heavy atom. The van der Waals surface area contributed by atoms with E-state index >= 15 is 0 Å². The zero-order valence-electron chi connectivity index (χ0n) is 18.2. The molecule has 7 nitrogen and oxygen atoms in total. The Hall–Kier alpha value is -3.27. The van der Waals surface area contributed by atoms with Gasteiger partial charge in [0.1, 0.15) is 4.83 Å². The maximum Gasteiger partial charge on any atom is 0.268 e. The van der Waals surface area contributed by atoms with Gasteiger partial charge in [0.2, 0.25) is 5.95 Å². The molecule has 3 heterocycles. The number of rotatable bonds is 5. The van der Waals surface area contributed by atoms with Crippen LogP contribution in [0.25, 0.3) is 15.9 Å². The number of para-hydroxylation sites is 1. The summed E-state index contributed by atoms with van der Waals surface area (Å²) in [6.45, 7) is 2.37. The predicted molar refractivity (Wildman–Crippen MR) is 138 cm³/mol. The molecule has 168 valence electrons. The van der Waals surface area contributed by atoms with Crippen molar-refractivity contribution in [2.75, 3.05) is 19.0 Å². The van der Waals surface area contributed by atoms with Gasteiger partial charge < -0.3 is 10.2 Å². The van der Waals surface area contributed by atoms with Crippen molar-refractivity contribution in [1.29, 1.82) is 0 Å². The van der Waals surface area contributed by atoms with E-state index in [2.05, 4.69) is 28.1 Å². The van der Waals surface area contributed by atoms with Crippen LogP contribution < -0.4 is 21.7 Å². The molecule has 1 aliphatic rings. The molecule has 4 aromatic rings. The van der Waals surface area contributed by atoms with Gasteiger partial charge in [0.25, 0.3) is 5.56 Å². The number of hydrazine groups is 1. The maximum atomic E-state index is 13.7. The second kappa shape index (κ2) is 9.30. The maximum absolute atomic E-state index is 13.7. The number of nitrogens with zero attached hydrogens (tertiary/aromatic N) is 3. The average molecular weight is 477 g/mol. The van der Waals surface area contributed by atoms with E-state index in [1.165, 1.54) is 4.88 Å². The molecule has 0 saturated heterocycles. The number of benzene rings is 2. The summed E-state index contributed by atoms with van der Waals surface area (Å²) in [7, 11) is 2.10. The quantitative estimate of drug-likeness (QED) is 0.301. The highest BCUT2D eigenvalue weighted by molar-refractivity contribution is 7.80. The molecule has 2 aromatic heterocycles. The molecular weight excluding hydrogens is 452 g/mol. The van der Waals surface area contributed by atoms with E-state index in [1.54, 1.807) is 15.9 Å². The molecule has 0 amide bonds. The van der Waals surface area contributed by atoms with E-state index in [1.807, 2.05) is 60.7 Å².